The third-order valence-electron chi connectivity index (χ3n) is 6.76. The maximum Gasteiger partial charge on any atom is 0.238 e. The molecule has 0 spiro atoms. The summed E-state index contributed by atoms with van der Waals surface area (Å²) in [5, 5.41) is 0. The van der Waals surface area contributed by atoms with Crippen LogP contribution in [0.1, 0.15) is 6.42 Å². The van der Waals surface area contributed by atoms with Crippen molar-refractivity contribution in [1.82, 2.24) is 0 Å². The van der Waals surface area contributed by atoms with Crippen molar-refractivity contribution in [3.8, 4) is 22.6 Å². The number of benzene rings is 3. The van der Waals surface area contributed by atoms with E-state index in [2.05, 4.69) is 24.3 Å². The van der Waals surface area contributed by atoms with Crippen LogP contribution in [0.2, 0.25) is 0 Å². The highest BCUT2D eigenvalue weighted by Gasteiger charge is 2.59. The minimum atomic E-state index is -0.184. The largest absolute Gasteiger partial charge is 0.457 e. The lowest BCUT2D eigenvalue weighted by atomic mass is 9.85. The predicted molar refractivity (Wildman–Crippen MR) is 119 cm³/mol. The first-order valence-electron chi connectivity index (χ1n) is 10.7. The van der Waals surface area contributed by atoms with E-state index in [-0.39, 0.29) is 35.5 Å². The van der Waals surface area contributed by atoms with Crippen molar-refractivity contribution in [3.05, 3.63) is 91.0 Å². The summed E-state index contributed by atoms with van der Waals surface area (Å²) in [7, 11) is 0. The van der Waals surface area contributed by atoms with E-state index < -0.39 is 0 Å². The molecule has 1 saturated carbocycles. The van der Waals surface area contributed by atoms with Gasteiger partial charge in [-0.15, -0.1) is 0 Å². The highest BCUT2D eigenvalue weighted by atomic mass is 16.5. The topological polar surface area (TPSA) is 46.6 Å². The van der Waals surface area contributed by atoms with Gasteiger partial charge < -0.3 is 4.74 Å². The zero-order valence-corrected chi connectivity index (χ0v) is 16.8. The fourth-order valence-corrected chi connectivity index (χ4v) is 5.36. The number of para-hydroxylation sites is 1. The van der Waals surface area contributed by atoms with Crippen LogP contribution in [-0.2, 0) is 9.59 Å². The van der Waals surface area contributed by atoms with Crippen molar-refractivity contribution >= 4 is 17.5 Å². The number of fused-ring (bicyclic) bond motifs is 5. The average molecular weight is 407 g/mol. The number of ether oxygens (including phenoxy) is 1. The van der Waals surface area contributed by atoms with E-state index in [0.717, 1.165) is 23.3 Å². The van der Waals surface area contributed by atoms with Crippen LogP contribution in [0.4, 0.5) is 5.69 Å². The Bertz CT molecular complexity index is 1170. The van der Waals surface area contributed by atoms with E-state index in [1.54, 1.807) is 12.1 Å². The third-order valence-corrected chi connectivity index (χ3v) is 6.76. The maximum absolute atomic E-state index is 13.0. The van der Waals surface area contributed by atoms with E-state index in [4.69, 9.17) is 4.74 Å². The Hall–Kier alpha value is -3.66. The number of rotatable bonds is 4. The summed E-state index contributed by atoms with van der Waals surface area (Å²) in [5.41, 5.74) is 2.71. The summed E-state index contributed by atoms with van der Waals surface area (Å²) in [6.07, 6.45) is 5.16. The second-order valence-corrected chi connectivity index (χ2v) is 8.47. The first-order chi connectivity index (χ1) is 15.2. The van der Waals surface area contributed by atoms with Crippen LogP contribution < -0.4 is 9.64 Å². The second-order valence-electron chi connectivity index (χ2n) is 8.47. The van der Waals surface area contributed by atoms with Crippen molar-refractivity contribution in [2.24, 2.45) is 23.7 Å². The van der Waals surface area contributed by atoms with Gasteiger partial charge in [0, 0.05) is 5.56 Å². The van der Waals surface area contributed by atoms with Gasteiger partial charge in [-0.25, -0.2) is 0 Å². The number of nitrogens with zero attached hydrogens (tertiary/aromatic N) is 1. The van der Waals surface area contributed by atoms with Gasteiger partial charge >= 0.3 is 0 Å². The number of carbonyl (C=O) groups excluding carboxylic acids is 2. The van der Waals surface area contributed by atoms with Gasteiger partial charge in [0.2, 0.25) is 11.8 Å². The van der Waals surface area contributed by atoms with Crippen LogP contribution in [0, 0.1) is 23.7 Å². The molecule has 31 heavy (non-hydrogen) atoms. The molecule has 3 aromatic carbocycles. The van der Waals surface area contributed by atoms with Crippen LogP contribution in [0.15, 0.2) is 91.0 Å². The second kappa shape index (κ2) is 6.95. The summed E-state index contributed by atoms with van der Waals surface area (Å²) >= 11 is 0. The van der Waals surface area contributed by atoms with Crippen molar-refractivity contribution in [2.75, 3.05) is 4.90 Å². The van der Waals surface area contributed by atoms with Crippen molar-refractivity contribution in [3.63, 3.8) is 0 Å². The molecule has 1 aliphatic heterocycles. The molecular formula is C27H21NO3. The molecule has 152 valence electrons. The fraction of sp³-hybridized carbons (Fsp3) is 0.185. The van der Waals surface area contributed by atoms with E-state index in [1.165, 1.54) is 4.90 Å². The first kappa shape index (κ1) is 18.1. The Balaban J connectivity index is 1.25. The molecule has 4 atom stereocenters. The molecular weight excluding hydrogens is 386 g/mol. The molecule has 3 aromatic rings. The molecule has 4 heteroatoms. The summed E-state index contributed by atoms with van der Waals surface area (Å²) in [6.45, 7) is 0. The van der Waals surface area contributed by atoms with Gasteiger partial charge in [-0.3, -0.25) is 14.5 Å². The lowest BCUT2D eigenvalue weighted by molar-refractivity contribution is -0.123. The molecule has 1 saturated heterocycles. The van der Waals surface area contributed by atoms with Crippen LogP contribution in [0.5, 0.6) is 11.5 Å². The van der Waals surface area contributed by atoms with Gasteiger partial charge in [-0.05, 0) is 54.2 Å². The Kier molecular flexibility index (Phi) is 4.06. The van der Waals surface area contributed by atoms with Crippen LogP contribution in [-0.4, -0.2) is 11.8 Å². The fourth-order valence-electron chi connectivity index (χ4n) is 5.36. The molecule has 6 rings (SSSR count). The SMILES string of the molecule is O=C1C2C3C=CC(C3)C2C(=O)N1c1ccc(Oc2ccccc2-c2ccccc2)cc1. The maximum atomic E-state index is 13.0. The van der Waals surface area contributed by atoms with Crippen molar-refractivity contribution in [1.29, 1.82) is 0 Å². The van der Waals surface area contributed by atoms with Gasteiger partial charge in [0.25, 0.3) is 0 Å². The zero-order chi connectivity index (χ0) is 20.9. The van der Waals surface area contributed by atoms with Crippen LogP contribution in [0.25, 0.3) is 11.1 Å². The molecule has 3 aliphatic rings. The van der Waals surface area contributed by atoms with E-state index >= 15 is 0 Å². The van der Waals surface area contributed by atoms with Gasteiger partial charge in [0.15, 0.2) is 0 Å². The van der Waals surface area contributed by atoms with Gasteiger partial charge in [-0.2, -0.15) is 0 Å². The molecule has 1 heterocycles. The smallest absolute Gasteiger partial charge is 0.238 e. The third kappa shape index (κ3) is 2.82. The standard InChI is InChI=1S/C27H21NO3/c29-26-24-18-10-11-19(16-18)25(24)27(30)28(26)20-12-14-21(15-13-20)31-23-9-5-4-8-22(23)17-6-2-1-3-7-17/h1-15,18-19,24-25H,16H2. The molecule has 0 N–H and O–H groups in total. The highest BCUT2D eigenvalue weighted by Crippen LogP contribution is 2.53. The summed E-state index contributed by atoms with van der Waals surface area (Å²) < 4.78 is 6.16. The average Bonchev–Trinajstić information content (AvgIpc) is 3.49. The van der Waals surface area contributed by atoms with E-state index in [1.807, 2.05) is 54.6 Å². The Morgan fingerprint density at radius 2 is 1.32 bits per heavy atom. The summed E-state index contributed by atoms with van der Waals surface area (Å²) in [4.78, 5) is 27.4. The predicted octanol–water partition coefficient (Wildman–Crippen LogP) is 5.46. The lowest BCUT2D eigenvalue weighted by Crippen LogP contribution is -2.32. The number of allylic oxidation sites excluding steroid dienone is 2. The molecule has 2 fully saturated rings. The number of amides is 2. The van der Waals surface area contributed by atoms with Crippen molar-refractivity contribution < 1.29 is 14.3 Å². The molecule has 4 unspecified atom stereocenters. The lowest BCUT2D eigenvalue weighted by Gasteiger charge is -2.18. The quantitative estimate of drug-likeness (QED) is 0.426. The summed E-state index contributed by atoms with van der Waals surface area (Å²) in [5.74, 6) is 1.36. The Morgan fingerprint density at radius 3 is 2.00 bits per heavy atom. The zero-order valence-electron chi connectivity index (χ0n) is 16.8. The Labute approximate surface area is 180 Å². The molecule has 0 aromatic heterocycles. The van der Waals surface area contributed by atoms with Crippen molar-refractivity contribution in [2.45, 2.75) is 6.42 Å². The van der Waals surface area contributed by atoms with Crippen LogP contribution in [0.3, 0.4) is 0 Å². The van der Waals surface area contributed by atoms with E-state index in [0.29, 0.717) is 11.4 Å². The van der Waals surface area contributed by atoms with E-state index in [9.17, 15) is 9.59 Å². The number of anilines is 1. The molecule has 2 amide bonds. The molecule has 2 bridgehead atoms. The number of carbonyl (C=O) groups is 2. The van der Waals surface area contributed by atoms with Crippen LogP contribution >= 0.6 is 0 Å². The monoisotopic (exact) mass is 407 g/mol. The summed E-state index contributed by atoms with van der Waals surface area (Å²) in [6, 6.07) is 25.2. The number of hydrogen-bond acceptors (Lipinski definition) is 3. The van der Waals surface area contributed by atoms with Gasteiger partial charge in [-0.1, -0.05) is 60.7 Å². The number of hydrogen-bond donors (Lipinski definition) is 0. The minimum absolute atomic E-state index is 0.0602. The van der Waals surface area contributed by atoms with Gasteiger partial charge in [0.1, 0.15) is 11.5 Å². The normalized spacial score (nSPS) is 25.9. The van der Waals surface area contributed by atoms with Gasteiger partial charge in [0.05, 0.1) is 17.5 Å². The molecule has 4 nitrogen and oxygen atoms in total. The first-order valence-corrected chi connectivity index (χ1v) is 10.7. The highest BCUT2D eigenvalue weighted by molar-refractivity contribution is 6.22. The molecule has 0 radical (unpaired) electrons. The number of imide groups is 1. The Morgan fingerprint density at radius 1 is 0.710 bits per heavy atom. The minimum Gasteiger partial charge on any atom is -0.457 e. The molecule has 2 aliphatic carbocycles.